The normalized spacial score (nSPS) is 17.2. The molecule has 0 saturated heterocycles. The quantitative estimate of drug-likeness (QED) is 0.0226. The van der Waals surface area contributed by atoms with Crippen LogP contribution in [0.4, 0.5) is 0 Å². The van der Waals surface area contributed by atoms with Gasteiger partial charge in [-0.15, -0.1) is 0 Å². The van der Waals surface area contributed by atoms with Crippen LogP contribution in [0.25, 0.3) is 0 Å². The number of unbranched alkanes of at least 4 members (excludes halogenated alkanes) is 2. The monoisotopic (exact) mass is 658 g/mol. The maximum atomic E-state index is 12.8. The van der Waals surface area contributed by atoms with Gasteiger partial charge in [0, 0.05) is 37.9 Å². The number of hydrogen-bond donors (Lipinski definition) is 3. The number of nitrogens with one attached hydrogen (secondary N) is 2. The third-order valence-electron chi connectivity index (χ3n) is 8.09. The number of hydrogen-bond acceptors (Lipinski definition) is 5. The van der Waals surface area contributed by atoms with Crippen molar-refractivity contribution < 1.29 is 19.2 Å². The van der Waals surface area contributed by atoms with E-state index in [1.807, 2.05) is 57.4 Å². The Kier molecular flexibility index (Phi) is 20.8. The van der Waals surface area contributed by atoms with Gasteiger partial charge in [0.2, 0.25) is 5.91 Å². The number of carbonyl (C=O) groups is 4. The van der Waals surface area contributed by atoms with Crippen molar-refractivity contribution in [3.8, 4) is 0 Å². The molecule has 1 saturated carbocycles. The second kappa shape index (κ2) is 23.9. The fourth-order valence-electron chi connectivity index (χ4n) is 4.95. The molecule has 0 aromatic carbocycles. The summed E-state index contributed by atoms with van der Waals surface area (Å²) in [6.45, 7) is 10.6. The molecule has 3 atom stereocenters. The highest BCUT2D eigenvalue weighted by molar-refractivity contribution is 6.15. The van der Waals surface area contributed by atoms with Crippen LogP contribution in [-0.2, 0) is 19.2 Å². The maximum absolute atomic E-state index is 12.8. The molecule has 0 aliphatic heterocycles. The lowest BCUT2D eigenvalue weighted by Crippen LogP contribution is -2.42. The summed E-state index contributed by atoms with van der Waals surface area (Å²) in [6.07, 6.45) is 33.9. The SMILES string of the molecule is CC(=CC=C/C=C/C=C/C=CC(C)C(=O)C(C)=CC(C)CCCC=CC(C)CC=CCCCN(C)C(=N)N)C(=O)NC1C(=O)CCC1=O. The number of ketones is 3. The third kappa shape index (κ3) is 18.1. The Labute approximate surface area is 288 Å². The molecule has 1 amide bonds. The van der Waals surface area contributed by atoms with Gasteiger partial charge in [0.25, 0.3) is 0 Å². The van der Waals surface area contributed by atoms with Crippen molar-refractivity contribution >= 4 is 29.2 Å². The van der Waals surface area contributed by atoms with Gasteiger partial charge in [-0.1, -0.05) is 106 Å². The van der Waals surface area contributed by atoms with Gasteiger partial charge in [-0.3, -0.25) is 24.6 Å². The molecule has 8 nitrogen and oxygen atoms in total. The standard InChI is InChI=1S/C40H58N4O4/c1-30(21-15-12-13-20-28-44(6)40(41)42)22-16-14-17-23-31(2)29-34(5)38(47)32(3)24-18-10-8-7-9-11-19-25-33(4)39(48)43-37-35(45)26-27-36(37)46/h7-12,15-16,18-19,22,24-25,29-32,37H,13-14,17,20-21,23,26-28H2,1-6H3,(H3,41,42)(H,43,48)/b9-7+,10-8+,15-12?,19-11?,22-16?,24-18?,33-25?,34-29?. The smallest absolute Gasteiger partial charge is 0.247 e. The number of Topliss-reactive ketones (excluding diaryl/α,β-unsaturated/α-hetero) is 3. The Morgan fingerprint density at radius 1 is 0.854 bits per heavy atom. The average Bonchev–Trinajstić information content (AvgIpc) is 3.36. The van der Waals surface area contributed by atoms with Crippen molar-refractivity contribution in [2.24, 2.45) is 23.5 Å². The molecule has 0 bridgehead atoms. The van der Waals surface area contributed by atoms with E-state index >= 15 is 0 Å². The first kappa shape index (κ1) is 41.7. The summed E-state index contributed by atoms with van der Waals surface area (Å²) in [6, 6.07) is -1.01. The summed E-state index contributed by atoms with van der Waals surface area (Å²) < 4.78 is 0. The molecule has 1 aliphatic carbocycles. The molecule has 4 N–H and O–H groups in total. The number of rotatable bonds is 21. The highest BCUT2D eigenvalue weighted by Crippen LogP contribution is 2.16. The van der Waals surface area contributed by atoms with Crippen molar-refractivity contribution in [1.29, 1.82) is 5.41 Å². The zero-order chi connectivity index (χ0) is 35.9. The Hall–Kier alpha value is -4.33. The van der Waals surface area contributed by atoms with E-state index < -0.39 is 11.9 Å². The fraction of sp³-hybridized carbons (Fsp3) is 0.475. The van der Waals surface area contributed by atoms with Crippen LogP contribution in [-0.4, -0.2) is 53.8 Å². The van der Waals surface area contributed by atoms with Crippen LogP contribution < -0.4 is 11.1 Å². The number of carbonyl (C=O) groups excluding carboxylic acids is 4. The van der Waals surface area contributed by atoms with E-state index in [9.17, 15) is 19.2 Å². The lowest BCUT2D eigenvalue weighted by molar-refractivity contribution is -0.129. The van der Waals surface area contributed by atoms with Crippen LogP contribution >= 0.6 is 0 Å². The van der Waals surface area contributed by atoms with Crippen molar-refractivity contribution in [1.82, 2.24) is 10.2 Å². The summed E-state index contributed by atoms with van der Waals surface area (Å²) in [5.41, 5.74) is 6.66. The van der Waals surface area contributed by atoms with Gasteiger partial charge >= 0.3 is 0 Å². The van der Waals surface area contributed by atoms with Gasteiger partial charge in [-0.2, -0.15) is 0 Å². The van der Waals surface area contributed by atoms with Gasteiger partial charge in [-0.25, -0.2) is 0 Å². The second-order valence-electron chi connectivity index (χ2n) is 12.7. The van der Waals surface area contributed by atoms with E-state index in [4.69, 9.17) is 11.1 Å². The van der Waals surface area contributed by atoms with E-state index in [0.717, 1.165) is 50.6 Å². The van der Waals surface area contributed by atoms with Crippen LogP contribution in [0.3, 0.4) is 0 Å². The summed E-state index contributed by atoms with van der Waals surface area (Å²) in [7, 11) is 1.84. The highest BCUT2D eigenvalue weighted by Gasteiger charge is 2.34. The fourth-order valence-corrected chi connectivity index (χ4v) is 4.95. The van der Waals surface area contributed by atoms with Crippen molar-refractivity contribution in [3.63, 3.8) is 0 Å². The molecule has 48 heavy (non-hydrogen) atoms. The maximum Gasteiger partial charge on any atom is 0.247 e. The molecular formula is C40H58N4O4. The lowest BCUT2D eigenvalue weighted by Gasteiger charge is -2.15. The Bertz CT molecular complexity index is 1310. The van der Waals surface area contributed by atoms with Gasteiger partial charge in [0.1, 0.15) is 6.04 Å². The van der Waals surface area contributed by atoms with Gasteiger partial charge in [-0.05, 0) is 69.8 Å². The Balaban J connectivity index is 2.33. The largest absolute Gasteiger partial charge is 0.370 e. The molecule has 0 heterocycles. The van der Waals surface area contributed by atoms with Crippen molar-refractivity contribution in [2.75, 3.05) is 13.6 Å². The number of nitrogens with two attached hydrogens (primary N) is 1. The van der Waals surface area contributed by atoms with E-state index in [1.54, 1.807) is 30.1 Å². The minimum absolute atomic E-state index is 0.112. The topological polar surface area (TPSA) is 133 Å². The van der Waals surface area contributed by atoms with Crippen LogP contribution in [0.1, 0.15) is 86.0 Å². The lowest BCUT2D eigenvalue weighted by atomic mass is 9.94. The summed E-state index contributed by atoms with van der Waals surface area (Å²) >= 11 is 0. The molecule has 262 valence electrons. The predicted octanol–water partition coefficient (Wildman–Crippen LogP) is 7.28. The molecule has 1 aliphatic rings. The number of allylic oxidation sites excluding steroid dienone is 15. The van der Waals surface area contributed by atoms with Gasteiger partial charge in [0.05, 0.1) is 0 Å². The van der Waals surface area contributed by atoms with Crippen LogP contribution in [0, 0.1) is 23.2 Å². The summed E-state index contributed by atoms with van der Waals surface area (Å²) in [4.78, 5) is 50.1. The van der Waals surface area contributed by atoms with Crippen LogP contribution in [0.5, 0.6) is 0 Å². The molecule has 0 radical (unpaired) electrons. The molecule has 0 aromatic rings. The molecule has 0 spiro atoms. The number of amides is 1. The average molecular weight is 659 g/mol. The van der Waals surface area contributed by atoms with Gasteiger partial charge in [0.15, 0.2) is 23.3 Å². The molecule has 1 rings (SSSR count). The highest BCUT2D eigenvalue weighted by atomic mass is 16.2. The second-order valence-corrected chi connectivity index (χ2v) is 12.7. The first-order valence-electron chi connectivity index (χ1n) is 17.1. The molecule has 3 unspecified atom stereocenters. The Morgan fingerprint density at radius 3 is 2.10 bits per heavy atom. The molecule has 8 heteroatoms. The third-order valence-corrected chi connectivity index (χ3v) is 8.09. The molecule has 0 aromatic heterocycles. The van der Waals surface area contributed by atoms with Crippen molar-refractivity contribution in [2.45, 2.75) is 92.0 Å². The number of guanidine groups is 1. The summed E-state index contributed by atoms with van der Waals surface area (Å²) in [5.74, 6) is -0.0266. The van der Waals surface area contributed by atoms with E-state index in [1.165, 1.54) is 0 Å². The minimum Gasteiger partial charge on any atom is -0.370 e. The predicted molar refractivity (Wildman–Crippen MR) is 198 cm³/mol. The zero-order valence-corrected chi connectivity index (χ0v) is 29.9. The van der Waals surface area contributed by atoms with Gasteiger partial charge < -0.3 is 16.0 Å². The summed E-state index contributed by atoms with van der Waals surface area (Å²) in [5, 5.41) is 9.87. The molecule has 1 fully saturated rings. The van der Waals surface area contributed by atoms with E-state index in [0.29, 0.717) is 17.4 Å². The van der Waals surface area contributed by atoms with E-state index in [-0.39, 0.29) is 42.1 Å². The minimum atomic E-state index is -1.01. The molecular weight excluding hydrogens is 600 g/mol. The van der Waals surface area contributed by atoms with Crippen molar-refractivity contribution in [3.05, 3.63) is 96.2 Å². The van der Waals surface area contributed by atoms with E-state index in [2.05, 4.69) is 49.5 Å². The zero-order valence-electron chi connectivity index (χ0n) is 29.9. The van der Waals surface area contributed by atoms with Crippen LogP contribution in [0.2, 0.25) is 0 Å². The first-order valence-corrected chi connectivity index (χ1v) is 17.1. The van der Waals surface area contributed by atoms with Crippen LogP contribution in [0.15, 0.2) is 96.2 Å². The number of nitrogens with zero attached hydrogens (tertiary/aromatic N) is 1. The Morgan fingerprint density at radius 2 is 1.46 bits per heavy atom. The first-order chi connectivity index (χ1) is 22.8.